The summed E-state index contributed by atoms with van der Waals surface area (Å²) < 4.78 is 1.82. The van der Waals surface area contributed by atoms with Gasteiger partial charge in [0.1, 0.15) is 6.04 Å². The van der Waals surface area contributed by atoms with E-state index < -0.39 is 12.0 Å². The molecule has 6 heteroatoms. The van der Waals surface area contributed by atoms with Crippen LogP contribution in [0.2, 0.25) is 0 Å². The smallest absolute Gasteiger partial charge is 0.326 e. The average molecular weight is 293 g/mol. The SMILES string of the molecule is Cc1nn(C)c(C)c1CCC(=O)N1CCCC[C@H]1C(=O)O. The Labute approximate surface area is 124 Å². The molecule has 116 valence electrons. The molecule has 1 N–H and O–H groups in total. The van der Waals surface area contributed by atoms with Crippen LogP contribution in [-0.4, -0.2) is 44.3 Å². The van der Waals surface area contributed by atoms with Crippen molar-refractivity contribution in [3.8, 4) is 0 Å². The number of likely N-dealkylation sites (tertiary alicyclic amines) is 1. The maximum Gasteiger partial charge on any atom is 0.326 e. The summed E-state index contributed by atoms with van der Waals surface area (Å²) in [5.74, 6) is -0.957. The molecule has 1 aliphatic heterocycles. The summed E-state index contributed by atoms with van der Waals surface area (Å²) in [5, 5.41) is 13.6. The molecule has 1 amide bonds. The summed E-state index contributed by atoms with van der Waals surface area (Å²) in [6.45, 7) is 4.48. The maximum atomic E-state index is 12.4. The highest BCUT2D eigenvalue weighted by Gasteiger charge is 2.31. The van der Waals surface area contributed by atoms with Crippen LogP contribution in [0.4, 0.5) is 0 Å². The van der Waals surface area contributed by atoms with E-state index in [1.807, 2.05) is 25.6 Å². The molecule has 21 heavy (non-hydrogen) atoms. The molecule has 1 saturated heterocycles. The zero-order valence-electron chi connectivity index (χ0n) is 12.9. The lowest BCUT2D eigenvalue weighted by molar-refractivity contribution is -0.152. The lowest BCUT2D eigenvalue weighted by atomic mass is 10.0. The number of carbonyl (C=O) groups is 2. The van der Waals surface area contributed by atoms with Gasteiger partial charge < -0.3 is 10.0 Å². The Morgan fingerprint density at radius 2 is 2.05 bits per heavy atom. The van der Waals surface area contributed by atoms with E-state index in [4.69, 9.17) is 0 Å². The summed E-state index contributed by atoms with van der Waals surface area (Å²) in [5.41, 5.74) is 3.10. The number of carbonyl (C=O) groups excluding carboxylic acids is 1. The van der Waals surface area contributed by atoms with Gasteiger partial charge in [0.25, 0.3) is 0 Å². The lowest BCUT2D eigenvalue weighted by Crippen LogP contribution is -2.48. The highest BCUT2D eigenvalue weighted by molar-refractivity contribution is 5.84. The van der Waals surface area contributed by atoms with Gasteiger partial charge in [-0.1, -0.05) is 0 Å². The predicted molar refractivity (Wildman–Crippen MR) is 78.0 cm³/mol. The second kappa shape index (κ2) is 6.28. The van der Waals surface area contributed by atoms with Gasteiger partial charge in [-0.3, -0.25) is 9.48 Å². The van der Waals surface area contributed by atoms with Crippen LogP contribution >= 0.6 is 0 Å². The molecule has 1 atom stereocenters. The Morgan fingerprint density at radius 3 is 2.62 bits per heavy atom. The first-order valence-corrected chi connectivity index (χ1v) is 7.43. The van der Waals surface area contributed by atoms with E-state index in [0.717, 1.165) is 29.8 Å². The first-order valence-electron chi connectivity index (χ1n) is 7.43. The summed E-state index contributed by atoms with van der Waals surface area (Å²) >= 11 is 0. The molecule has 0 aromatic carbocycles. The second-order valence-corrected chi connectivity index (χ2v) is 5.71. The quantitative estimate of drug-likeness (QED) is 0.911. The van der Waals surface area contributed by atoms with Crippen LogP contribution in [0.1, 0.15) is 42.6 Å². The molecule has 2 rings (SSSR count). The molecule has 1 aromatic heterocycles. The number of carboxylic acids is 1. The van der Waals surface area contributed by atoms with Gasteiger partial charge in [-0.15, -0.1) is 0 Å². The van der Waals surface area contributed by atoms with Crippen LogP contribution < -0.4 is 0 Å². The number of rotatable bonds is 4. The van der Waals surface area contributed by atoms with E-state index in [2.05, 4.69) is 5.10 Å². The van der Waals surface area contributed by atoms with Crippen LogP contribution in [-0.2, 0) is 23.1 Å². The van der Waals surface area contributed by atoms with Crippen LogP contribution in [0.5, 0.6) is 0 Å². The molecule has 1 fully saturated rings. The van der Waals surface area contributed by atoms with Crippen molar-refractivity contribution in [2.45, 2.75) is 52.0 Å². The third-order valence-electron chi connectivity index (χ3n) is 4.36. The first-order chi connectivity index (χ1) is 9.91. The van der Waals surface area contributed by atoms with Gasteiger partial charge in [0.05, 0.1) is 5.69 Å². The predicted octanol–water partition coefficient (Wildman–Crippen LogP) is 1.44. The normalized spacial score (nSPS) is 18.8. The standard InChI is InChI=1S/C15H23N3O3/c1-10-12(11(2)17(3)16-10)7-8-14(19)18-9-5-4-6-13(18)15(20)21/h13H,4-9H2,1-3H3,(H,20,21)/t13-/m0/s1. The van der Waals surface area contributed by atoms with E-state index in [9.17, 15) is 14.7 Å². The van der Waals surface area contributed by atoms with Crippen LogP contribution in [0.3, 0.4) is 0 Å². The summed E-state index contributed by atoms with van der Waals surface area (Å²) in [6, 6.07) is -0.651. The van der Waals surface area contributed by atoms with Crippen molar-refractivity contribution in [3.05, 3.63) is 17.0 Å². The van der Waals surface area contributed by atoms with Crippen LogP contribution in [0.15, 0.2) is 0 Å². The number of hydrogen-bond acceptors (Lipinski definition) is 3. The number of aromatic nitrogens is 2. The topological polar surface area (TPSA) is 75.4 Å². The lowest BCUT2D eigenvalue weighted by Gasteiger charge is -2.33. The number of aryl methyl sites for hydroxylation is 2. The summed E-state index contributed by atoms with van der Waals surface area (Å²) in [4.78, 5) is 25.1. The van der Waals surface area contributed by atoms with E-state index in [0.29, 0.717) is 25.8 Å². The molecule has 6 nitrogen and oxygen atoms in total. The molecule has 0 saturated carbocycles. The second-order valence-electron chi connectivity index (χ2n) is 5.71. The van der Waals surface area contributed by atoms with Crippen molar-refractivity contribution in [1.29, 1.82) is 0 Å². The van der Waals surface area contributed by atoms with Gasteiger partial charge >= 0.3 is 5.97 Å². The molecule has 0 aliphatic carbocycles. The minimum absolute atomic E-state index is 0.0650. The Kier molecular flexibility index (Phi) is 4.65. The van der Waals surface area contributed by atoms with Gasteiger partial charge in [-0.05, 0) is 45.1 Å². The number of amides is 1. The van der Waals surface area contributed by atoms with Crippen molar-refractivity contribution in [2.75, 3.05) is 6.54 Å². The monoisotopic (exact) mass is 293 g/mol. The Hall–Kier alpha value is -1.85. The highest BCUT2D eigenvalue weighted by atomic mass is 16.4. The van der Waals surface area contributed by atoms with Crippen molar-refractivity contribution in [3.63, 3.8) is 0 Å². The Balaban J connectivity index is 2.02. The Bertz CT molecular complexity index is 551. The van der Waals surface area contributed by atoms with Crippen LogP contribution in [0.25, 0.3) is 0 Å². The molecule has 1 aliphatic rings. The van der Waals surface area contributed by atoms with Crippen molar-refractivity contribution in [1.82, 2.24) is 14.7 Å². The third-order valence-corrected chi connectivity index (χ3v) is 4.36. The van der Waals surface area contributed by atoms with E-state index in [1.165, 1.54) is 4.90 Å². The highest BCUT2D eigenvalue weighted by Crippen LogP contribution is 2.20. The number of aliphatic carboxylic acids is 1. The van der Waals surface area contributed by atoms with E-state index >= 15 is 0 Å². The van der Waals surface area contributed by atoms with Gasteiger partial charge in [-0.25, -0.2) is 4.79 Å². The van der Waals surface area contributed by atoms with Crippen molar-refractivity contribution < 1.29 is 14.7 Å². The fraction of sp³-hybridized carbons (Fsp3) is 0.667. The molecule has 1 aromatic rings. The molecule has 2 heterocycles. The average Bonchev–Trinajstić information content (AvgIpc) is 2.70. The fourth-order valence-electron chi connectivity index (χ4n) is 3.04. The van der Waals surface area contributed by atoms with Gasteiger partial charge in [0.2, 0.25) is 5.91 Å². The molecule has 0 radical (unpaired) electrons. The molecular weight excluding hydrogens is 270 g/mol. The number of hydrogen-bond donors (Lipinski definition) is 1. The van der Waals surface area contributed by atoms with Crippen LogP contribution in [0, 0.1) is 13.8 Å². The molecular formula is C15H23N3O3. The van der Waals surface area contributed by atoms with E-state index in [1.54, 1.807) is 0 Å². The number of nitrogens with zero attached hydrogens (tertiary/aromatic N) is 3. The van der Waals surface area contributed by atoms with E-state index in [-0.39, 0.29) is 5.91 Å². The third kappa shape index (κ3) is 3.25. The minimum Gasteiger partial charge on any atom is -0.480 e. The number of carboxylic acid groups (broad SMARTS) is 1. The fourth-order valence-corrected chi connectivity index (χ4v) is 3.04. The number of piperidine rings is 1. The summed E-state index contributed by atoms with van der Waals surface area (Å²) in [7, 11) is 1.89. The van der Waals surface area contributed by atoms with Crippen molar-refractivity contribution in [2.24, 2.45) is 7.05 Å². The zero-order chi connectivity index (χ0) is 15.6. The first kappa shape index (κ1) is 15.5. The van der Waals surface area contributed by atoms with Gasteiger partial charge in [-0.2, -0.15) is 5.10 Å². The van der Waals surface area contributed by atoms with Gasteiger partial charge in [0, 0.05) is 25.7 Å². The summed E-state index contributed by atoms with van der Waals surface area (Å²) in [6.07, 6.45) is 3.29. The Morgan fingerprint density at radius 1 is 1.33 bits per heavy atom. The zero-order valence-corrected chi connectivity index (χ0v) is 12.9. The van der Waals surface area contributed by atoms with Crippen molar-refractivity contribution >= 4 is 11.9 Å². The molecule has 0 spiro atoms. The minimum atomic E-state index is -0.892. The molecule has 0 unspecified atom stereocenters. The largest absolute Gasteiger partial charge is 0.480 e. The van der Waals surface area contributed by atoms with Gasteiger partial charge in [0.15, 0.2) is 0 Å². The maximum absolute atomic E-state index is 12.4. The molecule has 0 bridgehead atoms.